The van der Waals surface area contributed by atoms with Gasteiger partial charge in [0, 0.05) is 32.3 Å². The average molecular weight is 255 g/mol. The Morgan fingerprint density at radius 1 is 1.26 bits per heavy atom. The van der Waals surface area contributed by atoms with Crippen LogP contribution in [0, 0.1) is 0 Å². The number of imidazole rings is 1. The third-order valence-corrected chi connectivity index (χ3v) is 3.20. The number of hydrogen-bond donors (Lipinski definition) is 1. The zero-order valence-electron chi connectivity index (χ0n) is 10.9. The predicted molar refractivity (Wildman–Crippen MR) is 74.6 cm³/mol. The van der Waals surface area contributed by atoms with E-state index in [4.69, 9.17) is 5.73 Å². The summed E-state index contributed by atoms with van der Waals surface area (Å²) in [6.07, 6.45) is 4.56. The Morgan fingerprint density at radius 3 is 2.89 bits per heavy atom. The molecule has 2 aromatic heterocycles. The highest BCUT2D eigenvalue weighted by Crippen LogP contribution is 2.12. The van der Waals surface area contributed by atoms with Crippen molar-refractivity contribution in [2.45, 2.75) is 19.0 Å². The highest BCUT2D eigenvalue weighted by Gasteiger charge is 2.09. The van der Waals surface area contributed by atoms with Crippen LogP contribution in [0.25, 0.3) is 11.0 Å². The Bertz CT molecular complexity index is 682. The number of aromatic nitrogens is 4. The van der Waals surface area contributed by atoms with Gasteiger partial charge < -0.3 is 10.3 Å². The molecule has 0 aliphatic rings. The minimum Gasteiger partial charge on any atom is -0.329 e. The fourth-order valence-electron chi connectivity index (χ4n) is 2.31. The van der Waals surface area contributed by atoms with Gasteiger partial charge in [-0.1, -0.05) is 12.1 Å². The molecule has 0 spiro atoms. The summed E-state index contributed by atoms with van der Waals surface area (Å²) >= 11 is 0. The summed E-state index contributed by atoms with van der Waals surface area (Å²) in [5.41, 5.74) is 9.36. The van der Waals surface area contributed by atoms with E-state index < -0.39 is 0 Å². The van der Waals surface area contributed by atoms with Gasteiger partial charge >= 0.3 is 0 Å². The van der Waals surface area contributed by atoms with E-state index in [0.717, 1.165) is 29.7 Å². The summed E-state index contributed by atoms with van der Waals surface area (Å²) < 4.78 is 3.90. The Morgan fingerprint density at radius 2 is 2.11 bits per heavy atom. The van der Waals surface area contributed by atoms with Crippen molar-refractivity contribution in [1.82, 2.24) is 19.3 Å². The third-order valence-electron chi connectivity index (χ3n) is 3.20. The van der Waals surface area contributed by atoms with Crippen LogP contribution in [0.3, 0.4) is 0 Å². The number of nitrogens with zero attached hydrogens (tertiary/aromatic N) is 4. The maximum Gasteiger partial charge on any atom is 0.0958 e. The molecular formula is C14H17N5. The van der Waals surface area contributed by atoms with E-state index in [1.165, 1.54) is 0 Å². The van der Waals surface area contributed by atoms with E-state index in [2.05, 4.69) is 20.7 Å². The molecule has 0 aliphatic carbocycles. The number of hydrogen-bond acceptors (Lipinski definition) is 3. The van der Waals surface area contributed by atoms with Crippen LogP contribution < -0.4 is 5.73 Å². The predicted octanol–water partition coefficient (Wildman–Crippen LogP) is 1.34. The van der Waals surface area contributed by atoms with Crippen LogP contribution in [0.4, 0.5) is 0 Å². The van der Waals surface area contributed by atoms with Crippen LogP contribution in [-0.2, 0) is 20.0 Å². The van der Waals surface area contributed by atoms with Crippen LogP contribution in [0.15, 0.2) is 42.9 Å². The first-order valence-corrected chi connectivity index (χ1v) is 6.36. The topological polar surface area (TPSA) is 61.7 Å². The van der Waals surface area contributed by atoms with E-state index in [1.807, 2.05) is 43.8 Å². The van der Waals surface area contributed by atoms with Gasteiger partial charge in [0.05, 0.1) is 23.1 Å². The van der Waals surface area contributed by atoms with E-state index in [1.54, 1.807) is 4.68 Å². The Kier molecular flexibility index (Phi) is 3.05. The monoisotopic (exact) mass is 255 g/mol. The van der Waals surface area contributed by atoms with Crippen molar-refractivity contribution in [3.05, 3.63) is 48.5 Å². The average Bonchev–Trinajstić information content (AvgIpc) is 2.97. The largest absolute Gasteiger partial charge is 0.329 e. The SMILES string of the molecule is Cn1ccc(CC(N)Cn2cnc3ccccc32)n1. The first-order valence-electron chi connectivity index (χ1n) is 6.36. The maximum absolute atomic E-state index is 6.20. The minimum atomic E-state index is 0.0347. The molecule has 3 aromatic rings. The molecule has 5 nitrogen and oxygen atoms in total. The van der Waals surface area contributed by atoms with Gasteiger partial charge in [0.2, 0.25) is 0 Å². The molecule has 0 aliphatic heterocycles. The van der Waals surface area contributed by atoms with Crippen molar-refractivity contribution in [2.75, 3.05) is 0 Å². The lowest BCUT2D eigenvalue weighted by Crippen LogP contribution is -2.28. The summed E-state index contributed by atoms with van der Waals surface area (Å²) in [7, 11) is 1.92. The van der Waals surface area contributed by atoms with Gasteiger partial charge in [-0.15, -0.1) is 0 Å². The quantitative estimate of drug-likeness (QED) is 0.765. The molecule has 5 heteroatoms. The molecule has 1 unspecified atom stereocenters. The van der Waals surface area contributed by atoms with Gasteiger partial charge in [0.15, 0.2) is 0 Å². The summed E-state index contributed by atoms with van der Waals surface area (Å²) in [5.74, 6) is 0. The standard InChI is InChI=1S/C14H17N5/c1-18-7-6-12(17-18)8-11(15)9-19-10-16-13-4-2-3-5-14(13)19/h2-7,10-11H,8-9,15H2,1H3. The molecule has 98 valence electrons. The number of benzene rings is 1. The van der Waals surface area contributed by atoms with Crippen molar-refractivity contribution in [3.8, 4) is 0 Å². The first-order chi connectivity index (χ1) is 9.22. The summed E-state index contributed by atoms with van der Waals surface area (Å²) in [4.78, 5) is 4.37. The molecule has 3 rings (SSSR count). The molecule has 0 radical (unpaired) electrons. The van der Waals surface area contributed by atoms with Crippen molar-refractivity contribution in [1.29, 1.82) is 0 Å². The summed E-state index contributed by atoms with van der Waals surface area (Å²) in [5, 5.41) is 4.35. The second-order valence-corrected chi connectivity index (χ2v) is 4.83. The molecule has 0 bridgehead atoms. The molecule has 1 aromatic carbocycles. The van der Waals surface area contributed by atoms with Crippen LogP contribution in [0.2, 0.25) is 0 Å². The molecular weight excluding hydrogens is 238 g/mol. The highest BCUT2D eigenvalue weighted by atomic mass is 15.2. The fourth-order valence-corrected chi connectivity index (χ4v) is 2.31. The zero-order valence-corrected chi connectivity index (χ0v) is 10.9. The Hall–Kier alpha value is -2.14. The van der Waals surface area contributed by atoms with Crippen molar-refractivity contribution in [2.24, 2.45) is 12.8 Å². The lowest BCUT2D eigenvalue weighted by Gasteiger charge is -2.11. The van der Waals surface area contributed by atoms with Gasteiger partial charge in [-0.3, -0.25) is 4.68 Å². The van der Waals surface area contributed by atoms with Crippen molar-refractivity contribution >= 4 is 11.0 Å². The third kappa shape index (κ3) is 2.51. The first kappa shape index (κ1) is 11.9. The molecule has 2 N–H and O–H groups in total. The maximum atomic E-state index is 6.20. The van der Waals surface area contributed by atoms with Crippen LogP contribution in [0.5, 0.6) is 0 Å². The fraction of sp³-hybridized carbons (Fsp3) is 0.286. The number of fused-ring (bicyclic) bond motifs is 1. The van der Waals surface area contributed by atoms with Gasteiger partial charge in [0.25, 0.3) is 0 Å². The second kappa shape index (κ2) is 4.85. The highest BCUT2D eigenvalue weighted by molar-refractivity contribution is 5.74. The van der Waals surface area contributed by atoms with E-state index in [-0.39, 0.29) is 6.04 Å². The van der Waals surface area contributed by atoms with E-state index in [0.29, 0.717) is 0 Å². The smallest absolute Gasteiger partial charge is 0.0958 e. The molecule has 0 fully saturated rings. The van der Waals surface area contributed by atoms with Gasteiger partial charge in [-0.2, -0.15) is 5.10 Å². The molecule has 1 atom stereocenters. The lowest BCUT2D eigenvalue weighted by molar-refractivity contribution is 0.549. The summed E-state index contributed by atoms with van der Waals surface area (Å²) in [6.45, 7) is 0.747. The Labute approximate surface area is 111 Å². The molecule has 19 heavy (non-hydrogen) atoms. The minimum absolute atomic E-state index is 0.0347. The zero-order chi connectivity index (χ0) is 13.2. The van der Waals surface area contributed by atoms with E-state index >= 15 is 0 Å². The number of aryl methyl sites for hydroxylation is 1. The summed E-state index contributed by atoms with van der Waals surface area (Å²) in [6, 6.07) is 10.1. The van der Waals surface area contributed by atoms with Crippen molar-refractivity contribution in [3.63, 3.8) is 0 Å². The second-order valence-electron chi connectivity index (χ2n) is 4.83. The van der Waals surface area contributed by atoms with Crippen LogP contribution in [0.1, 0.15) is 5.69 Å². The molecule has 2 heterocycles. The number of para-hydroxylation sites is 2. The lowest BCUT2D eigenvalue weighted by atomic mass is 10.1. The van der Waals surface area contributed by atoms with Crippen LogP contribution >= 0.6 is 0 Å². The Balaban J connectivity index is 1.74. The van der Waals surface area contributed by atoms with Gasteiger partial charge in [-0.25, -0.2) is 4.98 Å². The normalized spacial score (nSPS) is 12.9. The number of rotatable bonds is 4. The molecule has 0 amide bonds. The molecule has 0 saturated carbocycles. The van der Waals surface area contributed by atoms with Crippen LogP contribution in [-0.4, -0.2) is 25.4 Å². The van der Waals surface area contributed by atoms with Crippen molar-refractivity contribution < 1.29 is 0 Å². The van der Waals surface area contributed by atoms with Gasteiger partial charge in [-0.05, 0) is 18.2 Å². The van der Waals surface area contributed by atoms with E-state index in [9.17, 15) is 0 Å². The number of nitrogens with two attached hydrogens (primary N) is 1. The van der Waals surface area contributed by atoms with Gasteiger partial charge in [0.1, 0.15) is 0 Å². The molecule has 0 saturated heterocycles.